The molecule has 0 radical (unpaired) electrons. The van der Waals surface area contributed by atoms with E-state index in [1.165, 1.54) is 6.07 Å². The number of halogens is 6. The fourth-order valence-electron chi connectivity index (χ4n) is 4.57. The summed E-state index contributed by atoms with van der Waals surface area (Å²) >= 11 is 0. The van der Waals surface area contributed by atoms with Crippen molar-refractivity contribution in [2.24, 2.45) is 0 Å². The number of hydrogen-bond donors (Lipinski definition) is 1. The van der Waals surface area contributed by atoms with Gasteiger partial charge in [-0.3, -0.25) is 0 Å². The lowest BCUT2D eigenvalue weighted by Crippen LogP contribution is -2.25. The van der Waals surface area contributed by atoms with E-state index < -0.39 is 62.1 Å². The van der Waals surface area contributed by atoms with E-state index in [9.17, 15) is 39.9 Å². The number of fused-ring (bicyclic) bond motifs is 2. The van der Waals surface area contributed by atoms with E-state index in [-0.39, 0.29) is 16.7 Å². The molecule has 0 saturated carbocycles. The summed E-state index contributed by atoms with van der Waals surface area (Å²) in [6.45, 7) is 0. The Balaban J connectivity index is 1.94. The Hall–Kier alpha value is -2.07. The van der Waals surface area contributed by atoms with Gasteiger partial charge in [-0.05, 0) is 53.6 Å². The van der Waals surface area contributed by atoms with Crippen molar-refractivity contribution in [3.05, 3.63) is 63.7 Å². The van der Waals surface area contributed by atoms with Gasteiger partial charge in [0.15, 0.2) is 0 Å². The first-order valence-corrected chi connectivity index (χ1v) is 10.7. The number of aliphatic hydroxyl groups excluding tert-OH is 1. The van der Waals surface area contributed by atoms with Crippen molar-refractivity contribution in [1.82, 2.24) is 0 Å². The van der Waals surface area contributed by atoms with Crippen molar-refractivity contribution in [2.75, 3.05) is 0 Å². The van der Waals surface area contributed by atoms with Gasteiger partial charge in [0.2, 0.25) is 0 Å². The molecule has 0 aliphatic heterocycles. The number of hydrogen-bond acceptors (Lipinski definition) is 3. The molecule has 2 aromatic carbocycles. The highest BCUT2D eigenvalue weighted by atomic mass is 32.2. The van der Waals surface area contributed by atoms with Crippen molar-refractivity contribution in [3.63, 3.8) is 0 Å². The third-order valence-electron chi connectivity index (χ3n) is 5.83. The largest absolute Gasteiger partial charge is 0.501 e. The Kier molecular flexibility index (Phi) is 4.93. The highest BCUT2D eigenvalue weighted by Crippen LogP contribution is 2.48. The summed E-state index contributed by atoms with van der Waals surface area (Å²) < 4.78 is 106. The molecule has 2 aliphatic rings. The molecule has 2 aromatic rings. The van der Waals surface area contributed by atoms with Crippen molar-refractivity contribution in [2.45, 2.75) is 54.3 Å². The second kappa shape index (κ2) is 6.98. The fraction of sp³-hybridized carbons (Fsp3) is 0.400. The van der Waals surface area contributed by atoms with Crippen LogP contribution >= 0.6 is 0 Å². The monoisotopic (exact) mass is 450 g/mol. The normalized spacial score (nSPS) is 23.9. The average Bonchev–Trinajstić information content (AvgIpc) is 2.94. The second-order valence-corrected chi connectivity index (χ2v) is 9.47. The highest BCUT2D eigenvalue weighted by molar-refractivity contribution is 7.92. The minimum Gasteiger partial charge on any atom is -0.385 e. The Labute approximate surface area is 168 Å². The summed E-state index contributed by atoms with van der Waals surface area (Å²) in [4.78, 5) is -1.20. The zero-order valence-electron chi connectivity index (χ0n) is 15.3. The molecule has 0 saturated heterocycles. The van der Waals surface area contributed by atoms with E-state index in [0.29, 0.717) is 37.0 Å². The van der Waals surface area contributed by atoms with Crippen molar-refractivity contribution in [3.8, 4) is 0 Å². The molecule has 1 N–H and O–H groups in total. The molecule has 0 amide bonds. The zero-order chi connectivity index (χ0) is 22.0. The van der Waals surface area contributed by atoms with Gasteiger partial charge < -0.3 is 5.11 Å². The minimum absolute atomic E-state index is 0.0677. The molecule has 10 heteroatoms. The predicted molar refractivity (Wildman–Crippen MR) is 94.4 cm³/mol. The molecule has 2 aliphatic carbocycles. The van der Waals surface area contributed by atoms with E-state index in [2.05, 4.69) is 0 Å². The molecular weight excluding hydrogens is 434 g/mol. The molecule has 0 bridgehead atoms. The van der Waals surface area contributed by atoms with Gasteiger partial charge in [-0.15, -0.1) is 0 Å². The number of rotatable bonds is 2. The number of benzene rings is 2. The van der Waals surface area contributed by atoms with Gasteiger partial charge in [-0.25, -0.2) is 21.6 Å². The quantitative estimate of drug-likeness (QED) is 0.678. The molecule has 3 unspecified atom stereocenters. The second-order valence-electron chi connectivity index (χ2n) is 7.56. The fourth-order valence-corrected chi connectivity index (χ4v) is 5.60. The molecule has 0 fully saturated rings. The van der Waals surface area contributed by atoms with Crippen molar-refractivity contribution >= 4 is 9.84 Å². The van der Waals surface area contributed by atoms with Crippen molar-refractivity contribution in [1.29, 1.82) is 0 Å². The summed E-state index contributed by atoms with van der Waals surface area (Å²) in [7, 11) is -5.83. The summed E-state index contributed by atoms with van der Waals surface area (Å²) in [6, 6.07) is 3.69. The van der Waals surface area contributed by atoms with Crippen LogP contribution in [-0.4, -0.2) is 25.2 Å². The first-order chi connectivity index (χ1) is 13.9. The van der Waals surface area contributed by atoms with Gasteiger partial charge >= 0.3 is 5.51 Å². The molecule has 4 rings (SSSR count). The first kappa shape index (κ1) is 21.2. The lowest BCUT2D eigenvalue weighted by molar-refractivity contribution is -0.0437. The Morgan fingerprint density at radius 3 is 2.43 bits per heavy atom. The average molecular weight is 450 g/mol. The summed E-state index contributed by atoms with van der Waals surface area (Å²) in [6.07, 6.45) is -3.25. The SMILES string of the molecule is O=S(=O)(c1ccc(C2CCCc3cc(F)cc(F)c32)c2c1C(O)C(F)C2)C(F)(F)F. The van der Waals surface area contributed by atoms with E-state index in [4.69, 9.17) is 0 Å². The number of aliphatic hydroxyl groups is 1. The van der Waals surface area contributed by atoms with E-state index in [0.717, 1.165) is 6.07 Å². The maximum atomic E-state index is 14.6. The highest BCUT2D eigenvalue weighted by Gasteiger charge is 2.50. The van der Waals surface area contributed by atoms with Gasteiger partial charge in [0.25, 0.3) is 9.84 Å². The first-order valence-electron chi connectivity index (χ1n) is 9.20. The molecular formula is C20H16F6O3S. The zero-order valence-corrected chi connectivity index (χ0v) is 16.1. The standard InChI is InChI=1S/C20H16F6O3S/c21-10-6-9-2-1-3-12(17(9)14(22)7-10)11-4-5-16(30(28,29)20(24,25)26)18-13(11)8-15(23)19(18)27/h4-7,12,15,19,27H,1-3,8H2. The maximum Gasteiger partial charge on any atom is 0.501 e. The molecule has 30 heavy (non-hydrogen) atoms. The molecule has 0 aromatic heterocycles. The molecule has 3 nitrogen and oxygen atoms in total. The minimum atomic E-state index is -5.83. The van der Waals surface area contributed by atoms with E-state index in [1.54, 1.807) is 0 Å². The number of aryl methyl sites for hydroxylation is 1. The third-order valence-corrected chi connectivity index (χ3v) is 7.37. The summed E-state index contributed by atoms with van der Waals surface area (Å²) in [5.41, 5.74) is -5.52. The van der Waals surface area contributed by atoms with Crippen LogP contribution in [0.15, 0.2) is 29.2 Å². The van der Waals surface area contributed by atoms with Crippen LogP contribution in [0.3, 0.4) is 0 Å². The van der Waals surface area contributed by atoms with Crippen LogP contribution in [0.2, 0.25) is 0 Å². The third kappa shape index (κ3) is 3.11. The lowest BCUT2D eigenvalue weighted by atomic mass is 9.76. The number of sulfone groups is 1. The van der Waals surface area contributed by atoms with Crippen LogP contribution < -0.4 is 0 Å². The Morgan fingerprint density at radius 1 is 1.07 bits per heavy atom. The van der Waals surface area contributed by atoms with Gasteiger partial charge in [-0.2, -0.15) is 13.2 Å². The molecule has 162 valence electrons. The Bertz CT molecular complexity index is 1130. The predicted octanol–water partition coefficient (Wildman–Crippen LogP) is 4.65. The van der Waals surface area contributed by atoms with Crippen LogP contribution in [0.4, 0.5) is 26.3 Å². The van der Waals surface area contributed by atoms with E-state index in [1.807, 2.05) is 0 Å². The van der Waals surface area contributed by atoms with Crippen LogP contribution in [0.1, 0.15) is 52.7 Å². The van der Waals surface area contributed by atoms with Crippen LogP contribution in [0.25, 0.3) is 0 Å². The van der Waals surface area contributed by atoms with Crippen LogP contribution in [-0.2, 0) is 22.7 Å². The van der Waals surface area contributed by atoms with Gasteiger partial charge in [0, 0.05) is 24.0 Å². The van der Waals surface area contributed by atoms with Crippen LogP contribution in [0, 0.1) is 11.6 Å². The maximum absolute atomic E-state index is 14.6. The summed E-state index contributed by atoms with van der Waals surface area (Å²) in [5.74, 6) is -2.31. The smallest absolute Gasteiger partial charge is 0.385 e. The van der Waals surface area contributed by atoms with E-state index >= 15 is 0 Å². The van der Waals surface area contributed by atoms with Gasteiger partial charge in [-0.1, -0.05) is 6.07 Å². The van der Waals surface area contributed by atoms with Crippen LogP contribution in [0.5, 0.6) is 0 Å². The number of alkyl halides is 4. The topological polar surface area (TPSA) is 54.4 Å². The van der Waals surface area contributed by atoms with Gasteiger partial charge in [0.05, 0.1) is 4.90 Å². The van der Waals surface area contributed by atoms with Crippen molar-refractivity contribution < 1.29 is 39.9 Å². The molecule has 0 heterocycles. The summed E-state index contributed by atoms with van der Waals surface area (Å²) in [5, 5.41) is 10.1. The Morgan fingerprint density at radius 2 is 1.77 bits per heavy atom. The van der Waals surface area contributed by atoms with Gasteiger partial charge in [0.1, 0.15) is 23.9 Å². The molecule has 3 atom stereocenters. The lowest BCUT2D eigenvalue weighted by Gasteiger charge is -2.28. The molecule has 0 spiro atoms.